The molecule has 0 spiro atoms. The lowest BCUT2D eigenvalue weighted by molar-refractivity contribution is 0.0928. The molecular weight excluding hydrogens is 446 g/mol. The van der Waals surface area contributed by atoms with Crippen LogP contribution in [-0.4, -0.2) is 69.3 Å². The molecule has 1 saturated heterocycles. The first-order valence-corrected chi connectivity index (χ1v) is 12.8. The van der Waals surface area contributed by atoms with Crippen molar-refractivity contribution >= 4 is 44.9 Å². The number of sulfonamides is 1. The number of methoxy groups -OCH3 is 1. The Bertz CT molecular complexity index is 983. The molecule has 30 heavy (non-hydrogen) atoms. The summed E-state index contributed by atoms with van der Waals surface area (Å²) in [6, 6.07) is 8.15. The van der Waals surface area contributed by atoms with E-state index in [4.69, 9.17) is 4.74 Å². The van der Waals surface area contributed by atoms with E-state index in [9.17, 15) is 18.0 Å². The van der Waals surface area contributed by atoms with Crippen molar-refractivity contribution in [3.63, 3.8) is 0 Å². The van der Waals surface area contributed by atoms with Gasteiger partial charge in [-0.3, -0.25) is 9.59 Å². The first kappa shape index (κ1) is 22.6. The lowest BCUT2D eigenvalue weighted by atomic mass is 10.2. The fourth-order valence-corrected chi connectivity index (χ4v) is 6.76. The van der Waals surface area contributed by atoms with Gasteiger partial charge in [0.1, 0.15) is 15.5 Å². The van der Waals surface area contributed by atoms with E-state index in [1.165, 1.54) is 10.4 Å². The number of nitrogens with zero attached hydrogens (tertiary/aromatic N) is 1. The van der Waals surface area contributed by atoms with Crippen molar-refractivity contribution in [2.45, 2.75) is 4.90 Å². The molecule has 0 bridgehead atoms. The number of benzene rings is 1. The predicted molar refractivity (Wildman–Crippen MR) is 118 cm³/mol. The third-order valence-electron chi connectivity index (χ3n) is 4.47. The van der Waals surface area contributed by atoms with Crippen molar-refractivity contribution in [1.82, 2.24) is 14.9 Å². The van der Waals surface area contributed by atoms with Crippen LogP contribution >= 0.6 is 23.1 Å². The number of ether oxygens (including phenoxy) is 1. The van der Waals surface area contributed by atoms with Crippen LogP contribution in [0.1, 0.15) is 20.0 Å². The molecule has 1 aliphatic heterocycles. The molecule has 0 saturated carbocycles. The molecule has 0 atom stereocenters. The van der Waals surface area contributed by atoms with Crippen LogP contribution in [-0.2, 0) is 10.0 Å². The quantitative estimate of drug-likeness (QED) is 0.570. The maximum Gasteiger partial charge on any atom is 0.262 e. The zero-order valence-electron chi connectivity index (χ0n) is 16.4. The van der Waals surface area contributed by atoms with Crippen LogP contribution in [0, 0.1) is 0 Å². The van der Waals surface area contributed by atoms with Gasteiger partial charge in [-0.2, -0.15) is 16.1 Å². The second-order valence-corrected chi connectivity index (χ2v) is 10.4. The average molecular weight is 470 g/mol. The van der Waals surface area contributed by atoms with Crippen LogP contribution in [0.25, 0.3) is 0 Å². The summed E-state index contributed by atoms with van der Waals surface area (Å²) in [4.78, 5) is 24.9. The zero-order chi connectivity index (χ0) is 21.6. The van der Waals surface area contributed by atoms with Gasteiger partial charge in [0.2, 0.25) is 10.0 Å². The highest BCUT2D eigenvalue weighted by Gasteiger charge is 2.31. The Morgan fingerprint density at radius 2 is 1.67 bits per heavy atom. The topological polar surface area (TPSA) is 105 Å². The molecule has 1 fully saturated rings. The minimum atomic E-state index is -3.69. The van der Waals surface area contributed by atoms with Gasteiger partial charge in [0, 0.05) is 43.2 Å². The van der Waals surface area contributed by atoms with Crippen LogP contribution in [0.3, 0.4) is 0 Å². The van der Waals surface area contributed by atoms with Gasteiger partial charge in [-0.25, -0.2) is 8.42 Å². The number of carbonyl (C=O) groups excluding carboxylic acids is 2. The Kier molecular flexibility index (Phi) is 7.75. The molecule has 0 unspecified atom stereocenters. The smallest absolute Gasteiger partial charge is 0.262 e. The normalized spacial score (nSPS) is 14.8. The van der Waals surface area contributed by atoms with Crippen molar-refractivity contribution < 1.29 is 22.7 Å². The first-order valence-electron chi connectivity index (χ1n) is 9.29. The Labute approximate surface area is 184 Å². The Morgan fingerprint density at radius 3 is 2.30 bits per heavy atom. The summed E-state index contributed by atoms with van der Waals surface area (Å²) in [5, 5.41) is 6.99. The maximum atomic E-state index is 12.9. The molecule has 2 N–H and O–H groups in total. The SMILES string of the molecule is COc1ccc(C(=O)NCCNC(=O)c2sccc2S(=O)(=O)N2CCSCC2)cc1. The summed E-state index contributed by atoms with van der Waals surface area (Å²) in [7, 11) is -2.14. The summed E-state index contributed by atoms with van der Waals surface area (Å²) in [6.45, 7) is 1.29. The lowest BCUT2D eigenvalue weighted by Crippen LogP contribution is -2.39. The van der Waals surface area contributed by atoms with Gasteiger partial charge < -0.3 is 15.4 Å². The highest BCUT2D eigenvalue weighted by atomic mass is 32.2. The Morgan fingerprint density at radius 1 is 1.03 bits per heavy atom. The average Bonchev–Trinajstić information content (AvgIpc) is 3.28. The number of rotatable bonds is 8. The number of nitrogens with one attached hydrogen (secondary N) is 2. The van der Waals surface area contributed by atoms with E-state index in [1.54, 1.807) is 48.5 Å². The fraction of sp³-hybridized carbons (Fsp3) is 0.368. The van der Waals surface area contributed by atoms with E-state index in [2.05, 4.69) is 10.6 Å². The largest absolute Gasteiger partial charge is 0.497 e. The molecule has 0 aliphatic carbocycles. The van der Waals surface area contributed by atoms with Gasteiger partial charge in [-0.05, 0) is 35.7 Å². The maximum absolute atomic E-state index is 12.9. The van der Waals surface area contributed by atoms with E-state index in [-0.39, 0.29) is 28.8 Å². The van der Waals surface area contributed by atoms with Gasteiger partial charge in [0.25, 0.3) is 11.8 Å². The van der Waals surface area contributed by atoms with Crippen LogP contribution < -0.4 is 15.4 Å². The monoisotopic (exact) mass is 469 g/mol. The number of amides is 2. The van der Waals surface area contributed by atoms with Crippen LogP contribution in [0.5, 0.6) is 5.75 Å². The van der Waals surface area contributed by atoms with Gasteiger partial charge in [-0.1, -0.05) is 0 Å². The second kappa shape index (κ2) is 10.3. The summed E-state index contributed by atoms with van der Waals surface area (Å²) >= 11 is 2.81. The molecule has 1 aromatic heterocycles. The van der Waals surface area contributed by atoms with Crippen molar-refractivity contribution in [3.05, 3.63) is 46.2 Å². The van der Waals surface area contributed by atoms with Crippen LogP contribution in [0.4, 0.5) is 0 Å². The van der Waals surface area contributed by atoms with E-state index in [1.807, 2.05) is 0 Å². The van der Waals surface area contributed by atoms with Gasteiger partial charge >= 0.3 is 0 Å². The van der Waals surface area contributed by atoms with Crippen molar-refractivity contribution in [2.75, 3.05) is 44.8 Å². The summed E-state index contributed by atoms with van der Waals surface area (Å²) < 4.78 is 32.2. The number of thiophene rings is 1. The molecule has 1 aromatic carbocycles. The van der Waals surface area contributed by atoms with E-state index in [0.717, 1.165) is 22.8 Å². The highest BCUT2D eigenvalue weighted by molar-refractivity contribution is 7.99. The molecule has 8 nitrogen and oxygen atoms in total. The lowest BCUT2D eigenvalue weighted by Gasteiger charge is -2.25. The van der Waals surface area contributed by atoms with Crippen LogP contribution in [0.2, 0.25) is 0 Å². The van der Waals surface area contributed by atoms with Gasteiger partial charge in [0.15, 0.2) is 0 Å². The Balaban J connectivity index is 1.53. The zero-order valence-corrected chi connectivity index (χ0v) is 18.9. The first-order chi connectivity index (χ1) is 14.4. The van der Waals surface area contributed by atoms with E-state index >= 15 is 0 Å². The number of thioether (sulfide) groups is 1. The molecule has 0 radical (unpaired) electrons. The van der Waals surface area contributed by atoms with E-state index < -0.39 is 15.9 Å². The summed E-state index contributed by atoms with van der Waals surface area (Å²) in [5.41, 5.74) is 0.480. The highest BCUT2D eigenvalue weighted by Crippen LogP contribution is 2.27. The minimum Gasteiger partial charge on any atom is -0.497 e. The molecule has 2 amide bonds. The molecule has 2 aromatic rings. The van der Waals surface area contributed by atoms with Crippen molar-refractivity contribution in [2.24, 2.45) is 0 Å². The minimum absolute atomic E-state index is 0.0409. The Hall–Kier alpha value is -2.08. The summed E-state index contributed by atoms with van der Waals surface area (Å²) in [5.74, 6) is 1.42. The summed E-state index contributed by atoms with van der Waals surface area (Å²) in [6.07, 6.45) is 0. The molecule has 2 heterocycles. The molecule has 3 rings (SSSR count). The van der Waals surface area contributed by atoms with E-state index in [0.29, 0.717) is 24.4 Å². The van der Waals surface area contributed by atoms with Crippen molar-refractivity contribution in [1.29, 1.82) is 0 Å². The molecular formula is C19H23N3O5S3. The number of carbonyl (C=O) groups is 2. The predicted octanol–water partition coefficient (Wildman–Crippen LogP) is 1.65. The molecule has 11 heteroatoms. The third-order valence-corrected chi connectivity index (χ3v) is 8.40. The van der Waals surface area contributed by atoms with Crippen molar-refractivity contribution in [3.8, 4) is 5.75 Å². The van der Waals surface area contributed by atoms with Gasteiger partial charge in [0.05, 0.1) is 7.11 Å². The van der Waals surface area contributed by atoms with Crippen LogP contribution in [0.15, 0.2) is 40.6 Å². The number of hydrogen-bond acceptors (Lipinski definition) is 7. The fourth-order valence-electron chi connectivity index (χ4n) is 2.87. The molecule has 162 valence electrons. The second-order valence-electron chi connectivity index (χ2n) is 6.37. The molecule has 1 aliphatic rings. The third kappa shape index (κ3) is 5.34. The standard InChI is InChI=1S/C19H23N3O5S3/c1-27-15-4-2-14(3-5-15)18(23)20-7-8-21-19(24)17-16(6-11-29-17)30(25,26)22-9-12-28-13-10-22/h2-6,11H,7-10,12-13H2,1H3,(H,20,23)(H,21,24). The number of hydrogen-bond donors (Lipinski definition) is 2. The van der Waals surface area contributed by atoms with Gasteiger partial charge in [-0.15, -0.1) is 11.3 Å².